The third kappa shape index (κ3) is 3.50. The summed E-state index contributed by atoms with van der Waals surface area (Å²) in [5.74, 6) is -1.52. The fourth-order valence-corrected chi connectivity index (χ4v) is 2.48. The summed E-state index contributed by atoms with van der Waals surface area (Å²) in [5, 5.41) is 27.8. The first-order valence-corrected chi connectivity index (χ1v) is 6.63. The van der Waals surface area contributed by atoms with Crippen molar-refractivity contribution in [3.8, 4) is 5.75 Å². The second-order valence-electron chi connectivity index (χ2n) is 5.21. The van der Waals surface area contributed by atoms with E-state index in [1.165, 1.54) is 12.1 Å². The molecule has 1 fully saturated rings. The molecule has 0 aliphatic carbocycles. The van der Waals surface area contributed by atoms with Gasteiger partial charge in [0.25, 0.3) is 0 Å². The van der Waals surface area contributed by atoms with Gasteiger partial charge >= 0.3 is 5.97 Å². The molecule has 0 radical (unpaired) electrons. The van der Waals surface area contributed by atoms with Crippen molar-refractivity contribution in [1.29, 1.82) is 0 Å². The van der Waals surface area contributed by atoms with Gasteiger partial charge in [-0.3, -0.25) is 4.79 Å². The molecule has 1 amide bonds. The molecule has 5 N–H and O–H groups in total. The third-order valence-electron chi connectivity index (χ3n) is 3.56. The Labute approximate surface area is 121 Å². The molecule has 114 valence electrons. The van der Waals surface area contributed by atoms with Crippen molar-refractivity contribution in [2.45, 2.75) is 31.0 Å². The summed E-state index contributed by atoms with van der Waals surface area (Å²) in [6, 6.07) is 4.37. The van der Waals surface area contributed by atoms with Gasteiger partial charge in [0.05, 0.1) is 12.1 Å². The summed E-state index contributed by atoms with van der Waals surface area (Å²) in [6.07, 6.45) is -0.582. The minimum Gasteiger partial charge on any atom is -0.508 e. The Morgan fingerprint density at radius 2 is 1.95 bits per heavy atom. The SMILES string of the molecule is N[C@@H](Cc1ccc(O)cc1)C(=O)N1C[C@H](O)C[C@@H]1C(=O)O. The first kappa shape index (κ1) is 15.3. The van der Waals surface area contributed by atoms with Gasteiger partial charge in [-0.25, -0.2) is 4.79 Å². The number of aliphatic carboxylic acids is 1. The smallest absolute Gasteiger partial charge is 0.326 e. The highest BCUT2D eigenvalue weighted by molar-refractivity contribution is 5.87. The number of carbonyl (C=O) groups excluding carboxylic acids is 1. The van der Waals surface area contributed by atoms with Crippen LogP contribution in [0.3, 0.4) is 0 Å². The summed E-state index contributed by atoms with van der Waals surface area (Å²) in [5.41, 5.74) is 6.61. The molecule has 1 aromatic rings. The molecule has 3 atom stereocenters. The largest absolute Gasteiger partial charge is 0.508 e. The van der Waals surface area contributed by atoms with Gasteiger partial charge in [-0.15, -0.1) is 0 Å². The summed E-state index contributed by atoms with van der Waals surface area (Å²) in [4.78, 5) is 24.5. The average molecular weight is 294 g/mol. The van der Waals surface area contributed by atoms with Crippen LogP contribution in [0.5, 0.6) is 5.75 Å². The van der Waals surface area contributed by atoms with Crippen LogP contribution in [0.1, 0.15) is 12.0 Å². The number of hydrogen-bond acceptors (Lipinski definition) is 5. The average Bonchev–Trinajstić information content (AvgIpc) is 2.82. The number of aliphatic hydroxyl groups is 1. The van der Waals surface area contributed by atoms with Gasteiger partial charge in [0, 0.05) is 13.0 Å². The number of hydrogen-bond donors (Lipinski definition) is 4. The van der Waals surface area contributed by atoms with Crippen molar-refractivity contribution >= 4 is 11.9 Å². The molecule has 1 saturated heterocycles. The van der Waals surface area contributed by atoms with E-state index in [1.54, 1.807) is 12.1 Å². The number of carboxylic acids is 1. The van der Waals surface area contributed by atoms with Crippen LogP contribution in [-0.4, -0.2) is 56.8 Å². The lowest BCUT2D eigenvalue weighted by molar-refractivity contribution is -0.148. The molecule has 7 nitrogen and oxygen atoms in total. The molecule has 0 saturated carbocycles. The molecule has 0 unspecified atom stereocenters. The zero-order valence-electron chi connectivity index (χ0n) is 11.3. The topological polar surface area (TPSA) is 124 Å². The highest BCUT2D eigenvalue weighted by Gasteiger charge is 2.40. The van der Waals surface area contributed by atoms with E-state index in [9.17, 15) is 19.8 Å². The molecule has 1 aliphatic heterocycles. The number of benzene rings is 1. The monoisotopic (exact) mass is 294 g/mol. The van der Waals surface area contributed by atoms with E-state index in [2.05, 4.69) is 0 Å². The lowest BCUT2D eigenvalue weighted by atomic mass is 10.0. The number of β-amino-alcohol motifs (C(OH)–C–C–N with tert-alkyl or cyclic N) is 1. The van der Waals surface area contributed by atoms with Gasteiger partial charge in [-0.2, -0.15) is 0 Å². The highest BCUT2D eigenvalue weighted by Crippen LogP contribution is 2.20. The Balaban J connectivity index is 2.04. The van der Waals surface area contributed by atoms with Crippen LogP contribution in [-0.2, 0) is 16.0 Å². The van der Waals surface area contributed by atoms with Gasteiger partial charge in [0.2, 0.25) is 5.91 Å². The first-order valence-electron chi connectivity index (χ1n) is 6.63. The predicted octanol–water partition coefficient (Wildman–Crippen LogP) is -0.692. The molecular formula is C14H18N2O5. The number of nitrogens with zero attached hydrogens (tertiary/aromatic N) is 1. The molecule has 0 spiro atoms. The van der Waals surface area contributed by atoms with E-state index in [0.717, 1.165) is 10.5 Å². The molecule has 0 bridgehead atoms. The van der Waals surface area contributed by atoms with Crippen molar-refractivity contribution in [3.63, 3.8) is 0 Å². The molecule has 1 heterocycles. The zero-order valence-corrected chi connectivity index (χ0v) is 11.3. The maximum absolute atomic E-state index is 12.3. The lowest BCUT2D eigenvalue weighted by Gasteiger charge is -2.24. The van der Waals surface area contributed by atoms with Crippen LogP contribution in [0.25, 0.3) is 0 Å². The van der Waals surface area contributed by atoms with Crippen LogP contribution >= 0.6 is 0 Å². The minimum absolute atomic E-state index is 0.0148. The van der Waals surface area contributed by atoms with Gasteiger partial charge in [-0.05, 0) is 24.1 Å². The fraction of sp³-hybridized carbons (Fsp3) is 0.429. The van der Waals surface area contributed by atoms with Crippen LogP contribution < -0.4 is 5.73 Å². The maximum atomic E-state index is 12.3. The molecule has 1 aliphatic rings. The normalized spacial score (nSPS) is 23.0. The van der Waals surface area contributed by atoms with Gasteiger partial charge < -0.3 is 26.0 Å². The Morgan fingerprint density at radius 3 is 2.52 bits per heavy atom. The van der Waals surface area contributed by atoms with Crippen molar-refractivity contribution in [1.82, 2.24) is 4.90 Å². The second-order valence-corrected chi connectivity index (χ2v) is 5.21. The zero-order chi connectivity index (χ0) is 15.6. The van der Waals surface area contributed by atoms with E-state index in [1.807, 2.05) is 0 Å². The summed E-state index contributed by atoms with van der Waals surface area (Å²) in [7, 11) is 0. The fourth-order valence-electron chi connectivity index (χ4n) is 2.48. The number of aliphatic hydroxyl groups excluding tert-OH is 1. The molecule has 1 aromatic carbocycles. The van der Waals surface area contributed by atoms with Gasteiger partial charge in [-0.1, -0.05) is 12.1 Å². The maximum Gasteiger partial charge on any atom is 0.326 e. The number of carboxylic acid groups (broad SMARTS) is 1. The van der Waals surface area contributed by atoms with Crippen LogP contribution in [0.15, 0.2) is 24.3 Å². The van der Waals surface area contributed by atoms with E-state index in [4.69, 9.17) is 10.8 Å². The minimum atomic E-state index is -1.14. The number of amides is 1. The molecule has 21 heavy (non-hydrogen) atoms. The number of likely N-dealkylation sites (tertiary alicyclic amines) is 1. The van der Waals surface area contributed by atoms with Crippen LogP contribution in [0.4, 0.5) is 0 Å². The summed E-state index contributed by atoms with van der Waals surface area (Å²) < 4.78 is 0. The number of rotatable bonds is 4. The quantitative estimate of drug-likeness (QED) is 0.582. The van der Waals surface area contributed by atoms with Gasteiger partial charge in [0.15, 0.2) is 0 Å². The van der Waals surface area contributed by atoms with E-state index < -0.39 is 30.1 Å². The Kier molecular flexibility index (Phi) is 4.44. The summed E-state index contributed by atoms with van der Waals surface area (Å²) >= 11 is 0. The highest BCUT2D eigenvalue weighted by atomic mass is 16.4. The van der Waals surface area contributed by atoms with Crippen molar-refractivity contribution in [2.75, 3.05) is 6.54 Å². The third-order valence-corrected chi connectivity index (χ3v) is 3.56. The standard InChI is InChI=1S/C14H18N2O5/c15-11(5-8-1-3-9(17)4-2-8)13(19)16-7-10(18)6-12(16)14(20)21/h1-4,10-12,17-18H,5-7,15H2,(H,20,21)/t10-,11+,12-/m1/s1. The second kappa shape index (κ2) is 6.11. The van der Waals surface area contributed by atoms with Crippen molar-refractivity contribution in [3.05, 3.63) is 29.8 Å². The molecule has 2 rings (SSSR count). The summed E-state index contributed by atoms with van der Waals surface area (Å²) in [6.45, 7) is -0.0148. The number of phenols is 1. The number of phenolic OH excluding ortho intramolecular Hbond substituents is 1. The number of carbonyl (C=O) groups is 2. The van der Waals surface area contributed by atoms with Crippen LogP contribution in [0.2, 0.25) is 0 Å². The molecular weight excluding hydrogens is 276 g/mol. The van der Waals surface area contributed by atoms with Crippen molar-refractivity contribution < 1.29 is 24.9 Å². The van der Waals surface area contributed by atoms with E-state index >= 15 is 0 Å². The Hall–Kier alpha value is -2.12. The van der Waals surface area contributed by atoms with E-state index in [-0.39, 0.29) is 25.1 Å². The van der Waals surface area contributed by atoms with Gasteiger partial charge in [0.1, 0.15) is 11.8 Å². The molecule has 0 aromatic heterocycles. The van der Waals surface area contributed by atoms with E-state index in [0.29, 0.717) is 0 Å². The first-order chi connectivity index (χ1) is 9.88. The Bertz CT molecular complexity index is 531. The van der Waals surface area contributed by atoms with Crippen LogP contribution in [0, 0.1) is 0 Å². The number of nitrogens with two attached hydrogens (primary N) is 1. The Morgan fingerprint density at radius 1 is 1.33 bits per heavy atom. The predicted molar refractivity (Wildman–Crippen MR) is 73.5 cm³/mol. The lowest BCUT2D eigenvalue weighted by Crippen LogP contribution is -2.49. The number of aromatic hydroxyl groups is 1. The molecule has 7 heteroatoms. The van der Waals surface area contributed by atoms with Crippen molar-refractivity contribution in [2.24, 2.45) is 5.73 Å².